The molecule has 1 aromatic carbocycles. The summed E-state index contributed by atoms with van der Waals surface area (Å²) in [4.78, 5) is 17.0. The summed E-state index contributed by atoms with van der Waals surface area (Å²) in [6.07, 6.45) is 0.661. The number of thioether (sulfide) groups is 1. The number of carboxylic acid groups (broad SMARTS) is 1. The predicted molar refractivity (Wildman–Crippen MR) is 74.5 cm³/mol. The maximum atomic E-state index is 11.0. The lowest BCUT2D eigenvalue weighted by atomic mass is 10.3. The Bertz CT molecular complexity index is 537. The van der Waals surface area contributed by atoms with E-state index in [1.165, 1.54) is 16.2 Å². The molecule has 5 heteroatoms. The van der Waals surface area contributed by atoms with Gasteiger partial charge in [0.15, 0.2) is 0 Å². The van der Waals surface area contributed by atoms with Crippen molar-refractivity contribution in [2.45, 2.75) is 24.0 Å². The first-order chi connectivity index (χ1) is 8.70. The molecule has 0 amide bonds. The summed E-state index contributed by atoms with van der Waals surface area (Å²) in [5.41, 5.74) is 0.691. The highest BCUT2D eigenvalue weighted by molar-refractivity contribution is 7.98. The van der Waals surface area contributed by atoms with Crippen molar-refractivity contribution in [3.8, 4) is 0 Å². The number of benzene rings is 1. The van der Waals surface area contributed by atoms with E-state index in [0.29, 0.717) is 17.0 Å². The van der Waals surface area contributed by atoms with Crippen molar-refractivity contribution in [3.05, 3.63) is 45.9 Å². The summed E-state index contributed by atoms with van der Waals surface area (Å²) in [6.45, 7) is 1.93. The molecule has 0 aliphatic carbocycles. The first kappa shape index (κ1) is 13.1. The third kappa shape index (κ3) is 3.11. The van der Waals surface area contributed by atoms with Crippen LogP contribution in [-0.2, 0) is 12.2 Å². The summed E-state index contributed by atoms with van der Waals surface area (Å²) >= 11 is 2.95. The third-order valence-corrected chi connectivity index (χ3v) is 4.67. The standard InChI is InChI=1S/C13H13NO2S2/c1-2-10-12(13(15)16)18-11(14-10)8-17-9-6-4-3-5-7-9/h3-7H,2,8H2,1H3,(H,15,16). The van der Waals surface area contributed by atoms with E-state index in [2.05, 4.69) is 4.98 Å². The number of aryl methyl sites for hydroxylation is 1. The first-order valence-corrected chi connectivity index (χ1v) is 7.40. The van der Waals surface area contributed by atoms with Crippen molar-refractivity contribution in [2.24, 2.45) is 0 Å². The Morgan fingerprint density at radius 3 is 2.67 bits per heavy atom. The van der Waals surface area contributed by atoms with Gasteiger partial charge in [0.25, 0.3) is 0 Å². The van der Waals surface area contributed by atoms with Gasteiger partial charge in [-0.2, -0.15) is 0 Å². The quantitative estimate of drug-likeness (QED) is 0.848. The van der Waals surface area contributed by atoms with Crippen molar-refractivity contribution in [1.29, 1.82) is 0 Å². The van der Waals surface area contributed by atoms with Gasteiger partial charge < -0.3 is 5.11 Å². The molecule has 3 nitrogen and oxygen atoms in total. The van der Waals surface area contributed by atoms with Gasteiger partial charge in [-0.15, -0.1) is 23.1 Å². The van der Waals surface area contributed by atoms with Gasteiger partial charge in [0, 0.05) is 4.90 Å². The fourth-order valence-electron chi connectivity index (χ4n) is 1.53. The molecule has 1 N–H and O–H groups in total. The van der Waals surface area contributed by atoms with Crippen LogP contribution in [0.4, 0.5) is 0 Å². The fraction of sp³-hybridized carbons (Fsp3) is 0.231. The van der Waals surface area contributed by atoms with E-state index in [1.54, 1.807) is 11.8 Å². The molecule has 18 heavy (non-hydrogen) atoms. The number of carboxylic acids is 1. The van der Waals surface area contributed by atoms with Gasteiger partial charge in [-0.1, -0.05) is 25.1 Å². The lowest BCUT2D eigenvalue weighted by molar-refractivity contribution is 0.0701. The van der Waals surface area contributed by atoms with Crippen LogP contribution in [0, 0.1) is 0 Å². The van der Waals surface area contributed by atoms with E-state index in [4.69, 9.17) is 5.11 Å². The smallest absolute Gasteiger partial charge is 0.347 e. The number of hydrogen-bond acceptors (Lipinski definition) is 4. The summed E-state index contributed by atoms with van der Waals surface area (Å²) < 4.78 is 0. The Labute approximate surface area is 114 Å². The average molecular weight is 279 g/mol. The molecule has 0 saturated heterocycles. The molecule has 0 fully saturated rings. The number of hydrogen-bond donors (Lipinski definition) is 1. The van der Waals surface area contributed by atoms with Crippen LogP contribution in [0.1, 0.15) is 27.3 Å². The highest BCUT2D eigenvalue weighted by Crippen LogP contribution is 2.27. The monoisotopic (exact) mass is 279 g/mol. The molecule has 94 valence electrons. The van der Waals surface area contributed by atoms with Crippen molar-refractivity contribution < 1.29 is 9.90 Å². The zero-order valence-corrected chi connectivity index (χ0v) is 11.6. The van der Waals surface area contributed by atoms with E-state index in [9.17, 15) is 4.79 Å². The molecule has 0 aliphatic heterocycles. The first-order valence-electron chi connectivity index (χ1n) is 5.60. The van der Waals surface area contributed by atoms with Crippen LogP contribution in [0.5, 0.6) is 0 Å². The van der Waals surface area contributed by atoms with Crippen LogP contribution in [0.15, 0.2) is 35.2 Å². The van der Waals surface area contributed by atoms with Crippen molar-refractivity contribution in [1.82, 2.24) is 4.98 Å². The molecule has 0 atom stereocenters. The van der Waals surface area contributed by atoms with Gasteiger partial charge >= 0.3 is 5.97 Å². The zero-order chi connectivity index (χ0) is 13.0. The molecular weight excluding hydrogens is 266 g/mol. The fourth-order valence-corrected chi connectivity index (χ4v) is 3.43. The van der Waals surface area contributed by atoms with Gasteiger partial charge in [0.2, 0.25) is 0 Å². The Morgan fingerprint density at radius 1 is 1.39 bits per heavy atom. The van der Waals surface area contributed by atoms with Crippen LogP contribution in [0.2, 0.25) is 0 Å². The maximum Gasteiger partial charge on any atom is 0.347 e. The Kier molecular flexibility index (Phi) is 4.38. The largest absolute Gasteiger partial charge is 0.477 e. The second-order valence-electron chi connectivity index (χ2n) is 3.64. The number of aromatic nitrogens is 1. The molecule has 2 aromatic rings. The van der Waals surface area contributed by atoms with E-state index in [-0.39, 0.29) is 0 Å². The SMILES string of the molecule is CCc1nc(CSc2ccccc2)sc1C(=O)O. The molecule has 1 heterocycles. The number of thiazole rings is 1. The van der Waals surface area contributed by atoms with Gasteiger partial charge in [-0.05, 0) is 18.6 Å². The Hall–Kier alpha value is -1.33. The minimum atomic E-state index is -0.875. The van der Waals surface area contributed by atoms with E-state index in [0.717, 1.165) is 10.8 Å². The number of aromatic carboxylic acids is 1. The third-order valence-electron chi connectivity index (χ3n) is 2.38. The number of rotatable bonds is 5. The van der Waals surface area contributed by atoms with Gasteiger partial charge in [-0.25, -0.2) is 9.78 Å². The molecule has 1 aromatic heterocycles. The molecule has 0 bridgehead atoms. The highest BCUT2D eigenvalue weighted by Gasteiger charge is 2.15. The Morgan fingerprint density at radius 2 is 2.11 bits per heavy atom. The molecule has 0 aliphatic rings. The lowest BCUT2D eigenvalue weighted by Crippen LogP contribution is -1.97. The van der Waals surface area contributed by atoms with Crippen LogP contribution in [-0.4, -0.2) is 16.1 Å². The van der Waals surface area contributed by atoms with Crippen LogP contribution < -0.4 is 0 Å². The van der Waals surface area contributed by atoms with Gasteiger partial charge in [-0.3, -0.25) is 0 Å². The van der Waals surface area contributed by atoms with Crippen molar-refractivity contribution in [2.75, 3.05) is 0 Å². The molecule has 0 unspecified atom stereocenters. The van der Waals surface area contributed by atoms with Gasteiger partial charge in [0.1, 0.15) is 9.88 Å². The molecule has 0 spiro atoms. The minimum Gasteiger partial charge on any atom is -0.477 e. The van der Waals surface area contributed by atoms with E-state index >= 15 is 0 Å². The lowest BCUT2D eigenvalue weighted by Gasteiger charge is -1.97. The normalized spacial score (nSPS) is 10.5. The number of carbonyl (C=O) groups is 1. The Balaban J connectivity index is 2.08. The number of nitrogens with zero attached hydrogens (tertiary/aromatic N) is 1. The minimum absolute atomic E-state index is 0.376. The summed E-state index contributed by atoms with van der Waals surface area (Å²) in [7, 11) is 0. The zero-order valence-electron chi connectivity index (χ0n) is 9.92. The van der Waals surface area contributed by atoms with Crippen molar-refractivity contribution >= 4 is 29.1 Å². The summed E-state index contributed by atoms with van der Waals surface area (Å²) in [6, 6.07) is 10.0. The van der Waals surface area contributed by atoms with Crippen LogP contribution in [0.25, 0.3) is 0 Å². The second-order valence-corrected chi connectivity index (χ2v) is 5.78. The molecule has 0 radical (unpaired) electrons. The summed E-state index contributed by atoms with van der Waals surface area (Å²) in [5, 5.41) is 9.93. The van der Waals surface area contributed by atoms with Crippen LogP contribution >= 0.6 is 23.1 Å². The average Bonchev–Trinajstić information content (AvgIpc) is 2.81. The highest BCUT2D eigenvalue weighted by atomic mass is 32.2. The van der Waals surface area contributed by atoms with Crippen molar-refractivity contribution in [3.63, 3.8) is 0 Å². The molecule has 0 saturated carbocycles. The van der Waals surface area contributed by atoms with Crippen LogP contribution in [0.3, 0.4) is 0 Å². The second kappa shape index (κ2) is 6.02. The molecule has 2 rings (SSSR count). The maximum absolute atomic E-state index is 11.0. The predicted octanol–water partition coefficient (Wildman–Crippen LogP) is 3.70. The van der Waals surface area contributed by atoms with E-state index < -0.39 is 5.97 Å². The van der Waals surface area contributed by atoms with Gasteiger partial charge in [0.05, 0.1) is 11.4 Å². The summed E-state index contributed by atoms with van der Waals surface area (Å²) in [5.74, 6) is -0.157. The topological polar surface area (TPSA) is 50.2 Å². The molecular formula is C13H13NO2S2. The van der Waals surface area contributed by atoms with E-state index in [1.807, 2.05) is 37.3 Å².